The van der Waals surface area contributed by atoms with Crippen LogP contribution in [0.2, 0.25) is 5.15 Å². The van der Waals surface area contributed by atoms with Crippen LogP contribution in [0.1, 0.15) is 11.7 Å². The molecule has 4 rings (SSSR count). The van der Waals surface area contributed by atoms with Crippen LogP contribution in [0, 0.1) is 0 Å². The van der Waals surface area contributed by atoms with Crippen molar-refractivity contribution in [2.45, 2.75) is 13.2 Å². The lowest BCUT2D eigenvalue weighted by Crippen LogP contribution is -2.01. The lowest BCUT2D eigenvalue weighted by molar-refractivity contribution is 0.242. The van der Waals surface area contributed by atoms with E-state index in [1.54, 1.807) is 24.7 Å². The van der Waals surface area contributed by atoms with Crippen molar-refractivity contribution in [2.24, 2.45) is 0 Å². The van der Waals surface area contributed by atoms with Gasteiger partial charge in [0.25, 0.3) is 5.89 Å². The molecule has 0 aliphatic heterocycles. The number of halogens is 1. The molecule has 0 unspecified atom stereocenters. The Kier molecular flexibility index (Phi) is 3.84. The Morgan fingerprint density at radius 1 is 1.12 bits per heavy atom. The first-order valence-corrected chi connectivity index (χ1v) is 7.62. The highest BCUT2D eigenvalue weighted by molar-refractivity contribution is 6.30. The van der Waals surface area contributed by atoms with Crippen LogP contribution in [0.3, 0.4) is 0 Å². The zero-order valence-corrected chi connectivity index (χ0v) is 13.2. The maximum absolute atomic E-state index is 5.93. The summed E-state index contributed by atoms with van der Waals surface area (Å²) in [7, 11) is 0. The van der Waals surface area contributed by atoms with Gasteiger partial charge in [0.1, 0.15) is 0 Å². The number of ether oxygens (including phenoxy) is 1. The largest absolute Gasteiger partial charge is 0.481 e. The molecule has 0 saturated heterocycles. The van der Waals surface area contributed by atoms with Gasteiger partial charge in [0.05, 0.1) is 23.9 Å². The lowest BCUT2D eigenvalue weighted by Gasteiger charge is -2.03. The van der Waals surface area contributed by atoms with Gasteiger partial charge < -0.3 is 13.8 Å². The van der Waals surface area contributed by atoms with Crippen LogP contribution >= 0.6 is 11.6 Å². The molecule has 120 valence electrons. The van der Waals surface area contributed by atoms with Gasteiger partial charge in [-0.2, -0.15) is 4.98 Å². The number of aromatic nitrogens is 5. The Balaban J connectivity index is 1.46. The molecule has 0 fully saturated rings. The molecular weight excluding hydrogens is 330 g/mol. The zero-order valence-electron chi connectivity index (χ0n) is 12.5. The number of benzene rings is 1. The molecule has 8 heteroatoms. The molecule has 0 atom stereocenters. The van der Waals surface area contributed by atoms with E-state index in [9.17, 15) is 0 Å². The summed E-state index contributed by atoms with van der Waals surface area (Å²) in [4.78, 5) is 12.6. The van der Waals surface area contributed by atoms with Crippen molar-refractivity contribution in [3.05, 3.63) is 65.8 Å². The molecule has 0 saturated carbocycles. The SMILES string of the molecule is Clc1ncccc1OCc1nc(Cn2cnc3ccccc32)no1. The molecule has 0 spiro atoms. The number of hydrogen-bond donors (Lipinski definition) is 0. The standard InChI is InChI=1S/C16H12ClN5O2/c17-16-13(6-3-7-18-16)23-9-15-20-14(21-24-15)8-22-10-19-11-4-1-2-5-12(11)22/h1-7,10H,8-9H2. The van der Waals surface area contributed by atoms with Crippen LogP contribution in [0.5, 0.6) is 5.75 Å². The summed E-state index contributed by atoms with van der Waals surface area (Å²) < 4.78 is 12.7. The number of imidazole rings is 1. The molecule has 1 aromatic carbocycles. The summed E-state index contributed by atoms with van der Waals surface area (Å²) in [6, 6.07) is 11.3. The number of fused-ring (bicyclic) bond motifs is 1. The maximum Gasteiger partial charge on any atom is 0.264 e. The third-order valence-corrected chi connectivity index (χ3v) is 3.71. The summed E-state index contributed by atoms with van der Waals surface area (Å²) in [6.07, 6.45) is 3.35. The molecular formula is C16H12ClN5O2. The summed E-state index contributed by atoms with van der Waals surface area (Å²) in [5.74, 6) is 1.39. The fourth-order valence-corrected chi connectivity index (χ4v) is 2.49. The summed E-state index contributed by atoms with van der Waals surface area (Å²) in [6.45, 7) is 0.598. The molecule has 3 aromatic heterocycles. The fourth-order valence-electron chi connectivity index (χ4n) is 2.32. The maximum atomic E-state index is 5.93. The van der Waals surface area contributed by atoms with Gasteiger partial charge in [-0.3, -0.25) is 0 Å². The third kappa shape index (κ3) is 2.93. The van der Waals surface area contributed by atoms with Gasteiger partial charge in [0.2, 0.25) is 0 Å². The number of nitrogens with zero attached hydrogens (tertiary/aromatic N) is 5. The van der Waals surface area contributed by atoms with Crippen molar-refractivity contribution in [2.75, 3.05) is 0 Å². The summed E-state index contributed by atoms with van der Waals surface area (Å²) in [5, 5.41) is 4.26. The predicted octanol–water partition coefficient (Wildman–Crippen LogP) is 3.10. The van der Waals surface area contributed by atoms with E-state index >= 15 is 0 Å². The van der Waals surface area contributed by atoms with Gasteiger partial charge in [-0.1, -0.05) is 28.9 Å². The van der Waals surface area contributed by atoms with E-state index in [2.05, 4.69) is 20.1 Å². The van der Waals surface area contributed by atoms with E-state index in [0.29, 0.717) is 29.2 Å². The van der Waals surface area contributed by atoms with Crippen molar-refractivity contribution < 1.29 is 9.26 Å². The average molecular weight is 342 g/mol. The van der Waals surface area contributed by atoms with Crippen LogP contribution in [0.4, 0.5) is 0 Å². The molecule has 0 N–H and O–H groups in total. The Morgan fingerprint density at radius 3 is 2.96 bits per heavy atom. The second-order valence-corrected chi connectivity index (χ2v) is 5.40. The van der Waals surface area contributed by atoms with E-state index in [1.165, 1.54) is 0 Å². The van der Waals surface area contributed by atoms with E-state index in [1.807, 2.05) is 28.8 Å². The van der Waals surface area contributed by atoms with Crippen LogP contribution in [0.25, 0.3) is 11.0 Å². The first-order chi connectivity index (χ1) is 11.8. The van der Waals surface area contributed by atoms with Crippen LogP contribution < -0.4 is 4.74 Å². The normalized spacial score (nSPS) is 11.0. The average Bonchev–Trinajstić information content (AvgIpc) is 3.22. The van der Waals surface area contributed by atoms with Gasteiger partial charge in [0, 0.05) is 6.20 Å². The number of para-hydroxylation sites is 2. The van der Waals surface area contributed by atoms with Gasteiger partial charge in [-0.05, 0) is 24.3 Å². The smallest absolute Gasteiger partial charge is 0.264 e. The van der Waals surface area contributed by atoms with Crippen molar-refractivity contribution in [3.63, 3.8) is 0 Å². The zero-order chi connectivity index (χ0) is 16.4. The number of rotatable bonds is 5. The molecule has 0 bridgehead atoms. The second kappa shape index (κ2) is 6.29. The monoisotopic (exact) mass is 341 g/mol. The third-order valence-electron chi connectivity index (χ3n) is 3.43. The van der Waals surface area contributed by atoms with Crippen LogP contribution in [0.15, 0.2) is 53.4 Å². The van der Waals surface area contributed by atoms with Crippen LogP contribution in [-0.4, -0.2) is 24.7 Å². The van der Waals surface area contributed by atoms with Crippen molar-refractivity contribution in [3.8, 4) is 5.75 Å². The van der Waals surface area contributed by atoms with E-state index in [0.717, 1.165) is 11.0 Å². The van der Waals surface area contributed by atoms with Gasteiger partial charge in [0.15, 0.2) is 23.3 Å². The van der Waals surface area contributed by atoms with Gasteiger partial charge in [-0.25, -0.2) is 9.97 Å². The molecule has 24 heavy (non-hydrogen) atoms. The predicted molar refractivity (Wildman–Crippen MR) is 86.7 cm³/mol. The van der Waals surface area contributed by atoms with E-state index in [-0.39, 0.29) is 6.61 Å². The minimum Gasteiger partial charge on any atom is -0.481 e. The summed E-state index contributed by atoms with van der Waals surface area (Å²) in [5.41, 5.74) is 1.94. The Morgan fingerprint density at radius 2 is 2.04 bits per heavy atom. The molecule has 3 heterocycles. The molecule has 7 nitrogen and oxygen atoms in total. The number of hydrogen-bond acceptors (Lipinski definition) is 6. The lowest BCUT2D eigenvalue weighted by atomic mass is 10.3. The molecule has 4 aromatic rings. The second-order valence-electron chi connectivity index (χ2n) is 5.05. The first kappa shape index (κ1) is 14.6. The highest BCUT2D eigenvalue weighted by Gasteiger charge is 2.10. The number of pyridine rings is 1. The Bertz CT molecular complexity index is 981. The minimum atomic E-state index is 0.128. The van der Waals surface area contributed by atoms with Gasteiger partial charge in [-0.15, -0.1) is 0 Å². The molecule has 0 amide bonds. The highest BCUT2D eigenvalue weighted by atomic mass is 35.5. The Labute approximate surface area is 141 Å². The van der Waals surface area contributed by atoms with E-state index in [4.69, 9.17) is 20.9 Å². The molecule has 0 aliphatic carbocycles. The van der Waals surface area contributed by atoms with Crippen molar-refractivity contribution in [1.82, 2.24) is 24.7 Å². The van der Waals surface area contributed by atoms with Gasteiger partial charge >= 0.3 is 0 Å². The van der Waals surface area contributed by atoms with E-state index < -0.39 is 0 Å². The minimum absolute atomic E-state index is 0.128. The Hall–Kier alpha value is -2.93. The first-order valence-electron chi connectivity index (χ1n) is 7.24. The van der Waals surface area contributed by atoms with Crippen molar-refractivity contribution in [1.29, 1.82) is 0 Å². The topological polar surface area (TPSA) is 78.9 Å². The van der Waals surface area contributed by atoms with Crippen LogP contribution in [-0.2, 0) is 13.2 Å². The highest BCUT2D eigenvalue weighted by Crippen LogP contribution is 2.21. The fraction of sp³-hybridized carbons (Fsp3) is 0.125. The molecule has 0 aliphatic rings. The summed E-state index contributed by atoms with van der Waals surface area (Å²) >= 11 is 5.93. The molecule has 0 radical (unpaired) electrons. The van der Waals surface area contributed by atoms with Crippen molar-refractivity contribution >= 4 is 22.6 Å². The quantitative estimate of drug-likeness (QED) is 0.519.